The van der Waals surface area contributed by atoms with Gasteiger partial charge in [-0.1, -0.05) is 60.2 Å². The largest absolute Gasteiger partial charge is 0.336 e. The molecule has 2 heterocycles. The maximum absolute atomic E-state index is 13.7. The Labute approximate surface area is 176 Å². The molecule has 0 atom stereocenters. The SMILES string of the molecule is Cc1ccc(C2=C(N3CCc4ccccc43)C(=O)N(c3ccccc3)C2=O)c(C)c1. The smallest absolute Gasteiger partial charge is 0.282 e. The monoisotopic (exact) mass is 394 g/mol. The summed E-state index contributed by atoms with van der Waals surface area (Å²) >= 11 is 0. The number of fused-ring (bicyclic) bond motifs is 1. The predicted octanol–water partition coefficient (Wildman–Crippen LogP) is 4.65. The molecule has 4 nitrogen and oxygen atoms in total. The second-order valence-electron chi connectivity index (χ2n) is 7.85. The number of carbonyl (C=O) groups excluding carboxylic acids is 2. The zero-order chi connectivity index (χ0) is 20.8. The molecule has 2 amide bonds. The van der Waals surface area contributed by atoms with E-state index in [0.29, 0.717) is 23.5 Å². The van der Waals surface area contributed by atoms with Crippen molar-refractivity contribution in [1.82, 2.24) is 0 Å². The van der Waals surface area contributed by atoms with Gasteiger partial charge >= 0.3 is 0 Å². The highest BCUT2D eigenvalue weighted by molar-refractivity contribution is 6.46. The molecule has 0 unspecified atom stereocenters. The molecule has 2 aliphatic rings. The number of rotatable bonds is 3. The molecule has 0 radical (unpaired) electrons. The zero-order valence-corrected chi connectivity index (χ0v) is 17.1. The molecule has 3 aromatic carbocycles. The van der Waals surface area contributed by atoms with Crippen molar-refractivity contribution in [3.05, 3.63) is 101 Å². The Bertz CT molecular complexity index is 1210. The summed E-state index contributed by atoms with van der Waals surface area (Å²) in [5, 5.41) is 0. The van der Waals surface area contributed by atoms with E-state index in [9.17, 15) is 9.59 Å². The molecule has 0 N–H and O–H groups in total. The van der Waals surface area contributed by atoms with Crippen molar-refractivity contribution >= 4 is 28.8 Å². The van der Waals surface area contributed by atoms with Crippen molar-refractivity contribution in [2.75, 3.05) is 16.3 Å². The highest BCUT2D eigenvalue weighted by Crippen LogP contribution is 2.40. The topological polar surface area (TPSA) is 40.6 Å². The van der Waals surface area contributed by atoms with Crippen LogP contribution in [-0.2, 0) is 16.0 Å². The molecule has 30 heavy (non-hydrogen) atoms. The van der Waals surface area contributed by atoms with Crippen LogP contribution in [0.2, 0.25) is 0 Å². The summed E-state index contributed by atoms with van der Waals surface area (Å²) in [6, 6.07) is 23.3. The number of aryl methyl sites for hydroxylation is 2. The van der Waals surface area contributed by atoms with E-state index >= 15 is 0 Å². The molecule has 0 spiro atoms. The summed E-state index contributed by atoms with van der Waals surface area (Å²) in [5.74, 6) is -0.532. The Morgan fingerprint density at radius 1 is 0.800 bits per heavy atom. The molecule has 148 valence electrons. The van der Waals surface area contributed by atoms with Crippen molar-refractivity contribution in [2.24, 2.45) is 0 Å². The molecule has 0 saturated carbocycles. The van der Waals surface area contributed by atoms with Gasteiger partial charge in [-0.15, -0.1) is 0 Å². The fourth-order valence-corrected chi connectivity index (χ4v) is 4.49. The lowest BCUT2D eigenvalue weighted by atomic mass is 9.97. The normalized spacial score (nSPS) is 15.9. The molecule has 5 rings (SSSR count). The average Bonchev–Trinajstić information content (AvgIpc) is 3.27. The van der Waals surface area contributed by atoms with Crippen LogP contribution >= 0.6 is 0 Å². The van der Waals surface area contributed by atoms with E-state index < -0.39 is 0 Å². The lowest BCUT2D eigenvalue weighted by Gasteiger charge is -2.22. The third kappa shape index (κ3) is 2.76. The Balaban J connectivity index is 1.72. The van der Waals surface area contributed by atoms with E-state index in [0.717, 1.165) is 28.8 Å². The first-order valence-corrected chi connectivity index (χ1v) is 10.2. The van der Waals surface area contributed by atoms with Gasteiger partial charge < -0.3 is 4.90 Å². The molecule has 4 heteroatoms. The molecule has 0 aliphatic carbocycles. The molecule has 0 aromatic heterocycles. The quantitative estimate of drug-likeness (QED) is 0.607. The van der Waals surface area contributed by atoms with E-state index in [1.807, 2.05) is 67.3 Å². The van der Waals surface area contributed by atoms with Crippen LogP contribution < -0.4 is 9.80 Å². The molecular formula is C26H22N2O2. The third-order valence-corrected chi connectivity index (χ3v) is 5.88. The van der Waals surface area contributed by atoms with Gasteiger partial charge in [0.25, 0.3) is 11.8 Å². The molecule has 0 bridgehead atoms. The van der Waals surface area contributed by atoms with E-state index in [2.05, 4.69) is 12.1 Å². The van der Waals surface area contributed by atoms with E-state index in [-0.39, 0.29) is 11.8 Å². The second kappa shape index (κ2) is 6.99. The summed E-state index contributed by atoms with van der Waals surface area (Å²) in [7, 11) is 0. The lowest BCUT2D eigenvalue weighted by Crippen LogP contribution is -2.34. The van der Waals surface area contributed by atoms with E-state index in [1.54, 1.807) is 12.1 Å². The summed E-state index contributed by atoms with van der Waals surface area (Å²) in [6.07, 6.45) is 0.854. The van der Waals surface area contributed by atoms with E-state index in [1.165, 1.54) is 10.5 Å². The minimum absolute atomic E-state index is 0.266. The number of benzene rings is 3. The maximum Gasteiger partial charge on any atom is 0.282 e. The van der Waals surface area contributed by atoms with Crippen molar-refractivity contribution in [1.29, 1.82) is 0 Å². The van der Waals surface area contributed by atoms with Gasteiger partial charge in [0.05, 0.1) is 11.3 Å². The molecule has 0 saturated heterocycles. The summed E-state index contributed by atoms with van der Waals surface area (Å²) in [6.45, 7) is 4.71. The van der Waals surface area contributed by atoms with Crippen LogP contribution in [0.15, 0.2) is 78.5 Å². The summed E-state index contributed by atoms with van der Waals surface area (Å²) in [4.78, 5) is 30.7. The number of anilines is 2. The third-order valence-electron chi connectivity index (χ3n) is 5.88. The minimum Gasteiger partial charge on any atom is -0.336 e. The van der Waals surface area contributed by atoms with Gasteiger partial charge in [0.1, 0.15) is 5.70 Å². The van der Waals surface area contributed by atoms with Gasteiger partial charge in [-0.25, -0.2) is 4.90 Å². The predicted molar refractivity (Wildman–Crippen MR) is 119 cm³/mol. The van der Waals surface area contributed by atoms with Gasteiger partial charge in [-0.3, -0.25) is 9.59 Å². The standard InChI is InChI=1S/C26H22N2O2/c1-17-12-13-21(18(2)16-17)23-24(27-15-14-19-8-6-7-11-22(19)27)26(30)28(25(23)29)20-9-4-3-5-10-20/h3-13,16H,14-15H2,1-2H3. The van der Waals surface area contributed by atoms with Crippen molar-refractivity contribution < 1.29 is 9.59 Å². The fourth-order valence-electron chi connectivity index (χ4n) is 4.49. The molecule has 0 fully saturated rings. The van der Waals surface area contributed by atoms with Gasteiger partial charge in [0.2, 0.25) is 0 Å². The fraction of sp³-hybridized carbons (Fsp3) is 0.154. The second-order valence-corrected chi connectivity index (χ2v) is 7.85. The Kier molecular flexibility index (Phi) is 4.28. The van der Waals surface area contributed by atoms with Crippen LogP contribution in [0.4, 0.5) is 11.4 Å². The van der Waals surface area contributed by atoms with Gasteiger partial charge in [-0.05, 0) is 55.2 Å². The number of para-hydroxylation sites is 2. The minimum atomic E-state index is -0.266. The summed E-state index contributed by atoms with van der Waals surface area (Å²) < 4.78 is 0. The van der Waals surface area contributed by atoms with Crippen molar-refractivity contribution in [3.8, 4) is 0 Å². The van der Waals surface area contributed by atoms with Crippen LogP contribution in [0, 0.1) is 13.8 Å². The van der Waals surface area contributed by atoms with Gasteiger partial charge in [0, 0.05) is 12.2 Å². The Hall–Kier alpha value is -3.66. The van der Waals surface area contributed by atoms with Crippen LogP contribution in [0.3, 0.4) is 0 Å². The molecular weight excluding hydrogens is 372 g/mol. The van der Waals surface area contributed by atoms with Crippen LogP contribution in [0.1, 0.15) is 22.3 Å². The Morgan fingerprint density at radius 3 is 2.30 bits per heavy atom. The first-order valence-electron chi connectivity index (χ1n) is 10.2. The summed E-state index contributed by atoms with van der Waals surface area (Å²) in [5.41, 5.74) is 6.69. The maximum atomic E-state index is 13.7. The number of imide groups is 1. The first kappa shape index (κ1) is 18.4. The van der Waals surface area contributed by atoms with Crippen LogP contribution in [0.25, 0.3) is 5.57 Å². The van der Waals surface area contributed by atoms with Crippen molar-refractivity contribution in [2.45, 2.75) is 20.3 Å². The van der Waals surface area contributed by atoms with Gasteiger partial charge in [0.15, 0.2) is 0 Å². The number of hydrogen-bond acceptors (Lipinski definition) is 3. The van der Waals surface area contributed by atoms with E-state index in [4.69, 9.17) is 0 Å². The van der Waals surface area contributed by atoms with Crippen LogP contribution in [0.5, 0.6) is 0 Å². The highest BCUT2D eigenvalue weighted by atomic mass is 16.2. The average molecular weight is 394 g/mol. The number of hydrogen-bond donors (Lipinski definition) is 0. The van der Waals surface area contributed by atoms with Gasteiger partial charge in [-0.2, -0.15) is 0 Å². The number of nitrogens with zero attached hydrogens (tertiary/aromatic N) is 2. The zero-order valence-electron chi connectivity index (χ0n) is 17.1. The van der Waals surface area contributed by atoms with Crippen LogP contribution in [-0.4, -0.2) is 18.4 Å². The first-order chi connectivity index (χ1) is 14.6. The highest BCUT2D eigenvalue weighted by Gasteiger charge is 2.44. The molecule has 3 aromatic rings. The Morgan fingerprint density at radius 2 is 1.53 bits per heavy atom. The number of amides is 2. The van der Waals surface area contributed by atoms with Crippen molar-refractivity contribution in [3.63, 3.8) is 0 Å². The number of carbonyl (C=O) groups is 2. The molecule has 2 aliphatic heterocycles. The lowest BCUT2D eigenvalue weighted by molar-refractivity contribution is -0.120.